The maximum absolute atomic E-state index is 9.83. The minimum Gasteiger partial charge on any atom is -0.393 e. The van der Waals surface area contributed by atoms with Crippen LogP contribution in [0.15, 0.2) is 37.2 Å². The van der Waals surface area contributed by atoms with E-state index in [9.17, 15) is 5.11 Å². The van der Waals surface area contributed by atoms with Crippen LogP contribution in [0.4, 0.5) is 0 Å². The zero-order valence-electron chi connectivity index (χ0n) is 10.5. The molecule has 1 unspecified atom stereocenters. The largest absolute Gasteiger partial charge is 0.393 e. The zero-order chi connectivity index (χ0) is 12.3. The van der Waals surface area contributed by atoms with Crippen LogP contribution in [0.3, 0.4) is 0 Å². The molecule has 0 aliphatic rings. The Morgan fingerprint density at radius 1 is 1.18 bits per heavy atom. The summed E-state index contributed by atoms with van der Waals surface area (Å²) in [4.78, 5) is 3.98. The van der Waals surface area contributed by atoms with Crippen LogP contribution in [0.2, 0.25) is 0 Å². The van der Waals surface area contributed by atoms with E-state index >= 15 is 0 Å². The van der Waals surface area contributed by atoms with Crippen molar-refractivity contribution in [3.8, 4) is 0 Å². The fourth-order valence-electron chi connectivity index (χ4n) is 1.87. The average Bonchev–Trinajstić information content (AvgIpc) is 2.37. The lowest BCUT2D eigenvalue weighted by molar-refractivity contribution is 0.151. The minimum atomic E-state index is -0.160. The summed E-state index contributed by atoms with van der Waals surface area (Å²) >= 11 is 0. The van der Waals surface area contributed by atoms with Gasteiger partial charge in [0.15, 0.2) is 0 Å². The van der Waals surface area contributed by atoms with Crippen molar-refractivity contribution in [3.63, 3.8) is 0 Å². The fourth-order valence-corrected chi connectivity index (χ4v) is 1.87. The van der Waals surface area contributed by atoms with Gasteiger partial charge in [-0.15, -0.1) is 6.58 Å². The van der Waals surface area contributed by atoms with Crippen LogP contribution in [0.5, 0.6) is 0 Å². The Morgan fingerprint density at radius 3 is 2.65 bits per heavy atom. The molecule has 1 N–H and O–H groups in total. The zero-order valence-corrected chi connectivity index (χ0v) is 10.5. The van der Waals surface area contributed by atoms with Crippen molar-refractivity contribution in [2.75, 3.05) is 0 Å². The van der Waals surface area contributed by atoms with Gasteiger partial charge in [0, 0.05) is 12.4 Å². The van der Waals surface area contributed by atoms with Crippen molar-refractivity contribution in [2.45, 2.75) is 51.0 Å². The molecule has 0 spiro atoms. The molecule has 94 valence electrons. The molecule has 1 atom stereocenters. The van der Waals surface area contributed by atoms with Crippen LogP contribution in [-0.2, 0) is 6.42 Å². The first kappa shape index (κ1) is 13.9. The summed E-state index contributed by atoms with van der Waals surface area (Å²) in [5.74, 6) is 0. The molecule has 0 amide bonds. The Labute approximate surface area is 104 Å². The van der Waals surface area contributed by atoms with Gasteiger partial charge >= 0.3 is 0 Å². The third kappa shape index (κ3) is 6.90. The van der Waals surface area contributed by atoms with E-state index in [0.717, 1.165) is 32.1 Å². The predicted octanol–water partition coefficient (Wildman–Crippen LogP) is 3.51. The average molecular weight is 233 g/mol. The number of aliphatic hydroxyl groups excluding tert-OH is 1. The molecular formula is C15H23NO. The summed E-state index contributed by atoms with van der Waals surface area (Å²) in [7, 11) is 0. The first-order valence-corrected chi connectivity index (χ1v) is 6.51. The highest BCUT2D eigenvalue weighted by molar-refractivity contribution is 5.09. The molecular weight excluding hydrogens is 210 g/mol. The Morgan fingerprint density at radius 2 is 1.94 bits per heavy atom. The first-order valence-electron chi connectivity index (χ1n) is 6.51. The molecule has 0 saturated heterocycles. The van der Waals surface area contributed by atoms with Crippen LogP contribution in [0.1, 0.15) is 44.1 Å². The monoisotopic (exact) mass is 233 g/mol. The Kier molecular flexibility index (Phi) is 7.32. The number of nitrogens with zero attached hydrogens (tertiary/aromatic N) is 1. The molecule has 2 nitrogen and oxygen atoms in total. The molecule has 0 aliphatic carbocycles. The smallest absolute Gasteiger partial charge is 0.0543 e. The highest BCUT2D eigenvalue weighted by Crippen LogP contribution is 2.11. The maximum Gasteiger partial charge on any atom is 0.0543 e. The van der Waals surface area contributed by atoms with Gasteiger partial charge in [0.25, 0.3) is 0 Å². The summed E-state index contributed by atoms with van der Waals surface area (Å²) in [5, 5.41) is 9.83. The quantitative estimate of drug-likeness (QED) is 0.523. The maximum atomic E-state index is 9.83. The SMILES string of the molecule is C=CCCCCCC(O)CCc1ccncc1. The van der Waals surface area contributed by atoms with E-state index < -0.39 is 0 Å². The van der Waals surface area contributed by atoms with E-state index in [0.29, 0.717) is 0 Å². The van der Waals surface area contributed by atoms with Gasteiger partial charge in [0.2, 0.25) is 0 Å². The highest BCUT2D eigenvalue weighted by atomic mass is 16.3. The fraction of sp³-hybridized carbons (Fsp3) is 0.533. The summed E-state index contributed by atoms with van der Waals surface area (Å²) in [6.07, 6.45) is 12.7. The van der Waals surface area contributed by atoms with E-state index in [1.165, 1.54) is 18.4 Å². The number of hydrogen-bond acceptors (Lipinski definition) is 2. The Bertz CT molecular complexity index is 297. The topological polar surface area (TPSA) is 33.1 Å². The number of aryl methyl sites for hydroxylation is 1. The van der Waals surface area contributed by atoms with Crippen molar-refractivity contribution >= 4 is 0 Å². The van der Waals surface area contributed by atoms with Gasteiger partial charge < -0.3 is 5.11 Å². The van der Waals surface area contributed by atoms with Crippen LogP contribution in [0.25, 0.3) is 0 Å². The molecule has 0 aliphatic heterocycles. The number of pyridine rings is 1. The van der Waals surface area contributed by atoms with Gasteiger partial charge in [0.1, 0.15) is 0 Å². The standard InChI is InChI=1S/C15H23NO/c1-2-3-4-5-6-7-15(17)9-8-14-10-12-16-13-11-14/h2,10-13,15,17H,1,3-9H2. The van der Waals surface area contributed by atoms with Gasteiger partial charge in [-0.3, -0.25) is 4.98 Å². The third-order valence-corrected chi connectivity index (χ3v) is 2.96. The lowest BCUT2D eigenvalue weighted by Crippen LogP contribution is -2.07. The van der Waals surface area contributed by atoms with Gasteiger partial charge in [-0.2, -0.15) is 0 Å². The van der Waals surface area contributed by atoms with Crippen LogP contribution in [0, 0.1) is 0 Å². The molecule has 0 radical (unpaired) electrons. The van der Waals surface area contributed by atoms with Crippen LogP contribution >= 0.6 is 0 Å². The van der Waals surface area contributed by atoms with Gasteiger partial charge in [0.05, 0.1) is 6.10 Å². The molecule has 0 bridgehead atoms. The van der Waals surface area contributed by atoms with Gasteiger partial charge in [-0.25, -0.2) is 0 Å². The minimum absolute atomic E-state index is 0.160. The Hall–Kier alpha value is -1.15. The van der Waals surface area contributed by atoms with Gasteiger partial charge in [-0.05, 0) is 49.8 Å². The summed E-state index contributed by atoms with van der Waals surface area (Å²) in [6.45, 7) is 3.70. The van der Waals surface area contributed by atoms with E-state index in [2.05, 4.69) is 11.6 Å². The van der Waals surface area contributed by atoms with Crippen molar-refractivity contribution in [2.24, 2.45) is 0 Å². The van der Waals surface area contributed by atoms with Crippen LogP contribution in [-0.4, -0.2) is 16.2 Å². The second-order valence-corrected chi connectivity index (χ2v) is 4.47. The number of aliphatic hydroxyl groups is 1. The van der Waals surface area contributed by atoms with Crippen molar-refractivity contribution in [1.82, 2.24) is 4.98 Å². The normalized spacial score (nSPS) is 12.3. The van der Waals surface area contributed by atoms with E-state index in [4.69, 9.17) is 0 Å². The predicted molar refractivity (Wildman–Crippen MR) is 71.8 cm³/mol. The highest BCUT2D eigenvalue weighted by Gasteiger charge is 2.04. The number of hydrogen-bond donors (Lipinski definition) is 1. The molecule has 1 heterocycles. The van der Waals surface area contributed by atoms with E-state index in [1.54, 1.807) is 12.4 Å². The summed E-state index contributed by atoms with van der Waals surface area (Å²) in [5.41, 5.74) is 1.26. The van der Waals surface area contributed by atoms with E-state index in [1.807, 2.05) is 18.2 Å². The van der Waals surface area contributed by atoms with Crippen LogP contribution < -0.4 is 0 Å². The molecule has 1 aromatic heterocycles. The number of aromatic nitrogens is 1. The first-order chi connectivity index (χ1) is 8.33. The van der Waals surface area contributed by atoms with E-state index in [-0.39, 0.29) is 6.10 Å². The molecule has 1 rings (SSSR count). The molecule has 1 aromatic rings. The van der Waals surface area contributed by atoms with Crippen molar-refractivity contribution in [3.05, 3.63) is 42.7 Å². The molecule has 0 saturated carbocycles. The summed E-state index contributed by atoms with van der Waals surface area (Å²) in [6, 6.07) is 4.02. The number of rotatable bonds is 9. The summed E-state index contributed by atoms with van der Waals surface area (Å²) < 4.78 is 0. The molecule has 0 aromatic carbocycles. The Balaban J connectivity index is 2.05. The second kappa shape index (κ2) is 8.94. The lowest BCUT2D eigenvalue weighted by atomic mass is 10.0. The third-order valence-electron chi connectivity index (χ3n) is 2.96. The van der Waals surface area contributed by atoms with Gasteiger partial charge in [-0.1, -0.05) is 18.9 Å². The number of allylic oxidation sites excluding steroid dienone is 1. The molecule has 2 heteroatoms. The lowest BCUT2D eigenvalue weighted by Gasteiger charge is -2.10. The number of unbranched alkanes of at least 4 members (excludes halogenated alkanes) is 3. The molecule has 0 fully saturated rings. The second-order valence-electron chi connectivity index (χ2n) is 4.47. The van der Waals surface area contributed by atoms with Crippen molar-refractivity contribution < 1.29 is 5.11 Å². The molecule has 17 heavy (non-hydrogen) atoms. The van der Waals surface area contributed by atoms with Crippen molar-refractivity contribution in [1.29, 1.82) is 0 Å².